The van der Waals surface area contributed by atoms with Crippen molar-refractivity contribution in [2.24, 2.45) is 0 Å². The van der Waals surface area contributed by atoms with Crippen LogP contribution in [-0.4, -0.2) is 6.54 Å². The maximum Gasteiger partial charge on any atom is 0.0496 e. The van der Waals surface area contributed by atoms with Gasteiger partial charge in [-0.15, -0.1) is 0 Å². The number of aryl methyl sites for hydroxylation is 1. The zero-order chi connectivity index (χ0) is 22.5. The van der Waals surface area contributed by atoms with E-state index in [9.17, 15) is 0 Å². The molecule has 1 nitrogen and oxygen atoms in total. The highest BCUT2D eigenvalue weighted by Crippen LogP contribution is 2.23. The summed E-state index contributed by atoms with van der Waals surface area (Å²) in [6.07, 6.45) is 8.83. The topological polar surface area (TPSA) is 12.0 Å². The second-order valence-electron chi connectivity index (χ2n) is 7.68. The Bertz CT molecular complexity index is 1090. The molecule has 31 heavy (non-hydrogen) atoms. The third kappa shape index (κ3) is 7.29. The summed E-state index contributed by atoms with van der Waals surface area (Å²) in [5.41, 5.74) is 6.27. The van der Waals surface area contributed by atoms with Crippen molar-refractivity contribution in [2.75, 3.05) is 6.54 Å². The van der Waals surface area contributed by atoms with Gasteiger partial charge in [0.05, 0.1) is 0 Å². The fraction of sp³-hybridized carbons (Fsp3) is 0.267. The van der Waals surface area contributed by atoms with E-state index >= 15 is 0 Å². The second kappa shape index (κ2) is 13.3. The highest BCUT2D eigenvalue weighted by atomic mass is 14.9. The molecule has 1 aliphatic heterocycles. The van der Waals surface area contributed by atoms with Crippen LogP contribution in [-0.2, 0) is 0 Å². The van der Waals surface area contributed by atoms with Crippen molar-refractivity contribution in [3.05, 3.63) is 107 Å². The van der Waals surface area contributed by atoms with Crippen LogP contribution in [0.5, 0.6) is 0 Å². The van der Waals surface area contributed by atoms with Crippen molar-refractivity contribution < 1.29 is 0 Å². The first-order valence-corrected chi connectivity index (χ1v) is 11.5. The first-order chi connectivity index (χ1) is 15.1. The molecule has 0 bridgehead atoms. The first-order valence-electron chi connectivity index (χ1n) is 11.5. The molecule has 0 spiro atoms. The van der Waals surface area contributed by atoms with Crippen molar-refractivity contribution in [3.8, 4) is 11.1 Å². The number of hydrogen-bond donors (Lipinski definition) is 1. The molecule has 0 aliphatic carbocycles. The van der Waals surface area contributed by atoms with Gasteiger partial charge in [0.15, 0.2) is 0 Å². The van der Waals surface area contributed by atoms with E-state index < -0.39 is 0 Å². The maximum atomic E-state index is 3.54. The molecule has 4 rings (SSSR count). The molecule has 1 N–H and O–H groups in total. The summed E-state index contributed by atoms with van der Waals surface area (Å²) in [7, 11) is 0. The normalized spacial score (nSPS) is 11.8. The van der Waals surface area contributed by atoms with Crippen LogP contribution in [0.2, 0.25) is 0 Å². The SMILES string of the molecule is CC=CCC.CCC.Cc1cccc(-c2cccc(C3=c4ccccc4=CCN3)c2)c1. The van der Waals surface area contributed by atoms with Crippen molar-refractivity contribution >= 4 is 11.8 Å². The van der Waals surface area contributed by atoms with Crippen LogP contribution in [0.3, 0.4) is 0 Å². The lowest BCUT2D eigenvalue weighted by Gasteiger charge is -2.15. The van der Waals surface area contributed by atoms with Crippen LogP contribution in [0.25, 0.3) is 22.9 Å². The largest absolute Gasteiger partial charge is 0.381 e. The van der Waals surface area contributed by atoms with E-state index in [1.54, 1.807) is 0 Å². The average molecular weight is 412 g/mol. The van der Waals surface area contributed by atoms with Gasteiger partial charge in [0.2, 0.25) is 0 Å². The molecule has 0 saturated carbocycles. The minimum absolute atomic E-state index is 0.876. The standard InChI is InChI=1S/C22H19N.C5H10.C3H8/c1-16-6-4-8-18(14-16)19-9-5-10-20(15-19)22-21-11-3-2-7-17(21)12-13-23-22;1-3-5-4-2;1-3-2/h2-12,14-15,23H,13H2,1H3;3,5H,4H2,1-2H3;3H2,1-2H3. The molecule has 0 unspecified atom stereocenters. The number of allylic oxidation sites excluding steroid dienone is 2. The summed E-state index contributed by atoms with van der Waals surface area (Å²) in [6, 6.07) is 26.0. The zero-order valence-electron chi connectivity index (χ0n) is 19.8. The molecule has 1 heteroatoms. The quantitative estimate of drug-likeness (QED) is 0.479. The summed E-state index contributed by atoms with van der Waals surface area (Å²) in [5, 5.41) is 6.13. The molecule has 0 amide bonds. The first kappa shape index (κ1) is 24.2. The Labute approximate surface area is 188 Å². The zero-order valence-corrected chi connectivity index (χ0v) is 19.8. The van der Waals surface area contributed by atoms with Gasteiger partial charge in [-0.1, -0.05) is 118 Å². The van der Waals surface area contributed by atoms with Gasteiger partial charge < -0.3 is 5.32 Å². The number of hydrogen-bond acceptors (Lipinski definition) is 1. The summed E-state index contributed by atoms with van der Waals surface area (Å²) < 4.78 is 0. The summed E-state index contributed by atoms with van der Waals surface area (Å²) in [5.74, 6) is 0. The molecule has 0 atom stereocenters. The molecule has 162 valence electrons. The third-order valence-corrected chi connectivity index (χ3v) is 4.80. The van der Waals surface area contributed by atoms with Gasteiger partial charge in [0.1, 0.15) is 0 Å². The van der Waals surface area contributed by atoms with Gasteiger partial charge in [0.25, 0.3) is 0 Å². The van der Waals surface area contributed by atoms with E-state index in [1.807, 2.05) is 6.92 Å². The Morgan fingerprint density at radius 1 is 0.806 bits per heavy atom. The minimum Gasteiger partial charge on any atom is -0.381 e. The van der Waals surface area contributed by atoms with Crippen LogP contribution >= 0.6 is 0 Å². The highest BCUT2D eigenvalue weighted by molar-refractivity contribution is 5.73. The van der Waals surface area contributed by atoms with Gasteiger partial charge in [-0.3, -0.25) is 0 Å². The number of rotatable bonds is 3. The van der Waals surface area contributed by atoms with E-state index in [2.05, 4.69) is 124 Å². The van der Waals surface area contributed by atoms with E-state index in [0.717, 1.165) is 13.0 Å². The predicted molar refractivity (Wildman–Crippen MR) is 138 cm³/mol. The van der Waals surface area contributed by atoms with Gasteiger partial charge in [0, 0.05) is 17.5 Å². The Morgan fingerprint density at radius 3 is 2.10 bits per heavy atom. The minimum atomic E-state index is 0.876. The van der Waals surface area contributed by atoms with E-state index in [-0.39, 0.29) is 0 Å². The van der Waals surface area contributed by atoms with E-state index in [0.29, 0.717) is 0 Å². The number of fused-ring (bicyclic) bond motifs is 1. The van der Waals surface area contributed by atoms with Crippen LogP contribution in [0.1, 0.15) is 51.7 Å². The number of nitrogens with one attached hydrogen (secondary N) is 1. The molecular formula is C30H37N. The smallest absolute Gasteiger partial charge is 0.0496 e. The molecule has 0 radical (unpaired) electrons. The van der Waals surface area contributed by atoms with Crippen molar-refractivity contribution in [1.29, 1.82) is 0 Å². The Hall–Kier alpha value is -3.06. The Kier molecular flexibility index (Phi) is 10.4. The Balaban J connectivity index is 0.000000371. The fourth-order valence-electron chi connectivity index (χ4n) is 3.43. The van der Waals surface area contributed by atoms with Crippen LogP contribution in [0.15, 0.2) is 84.9 Å². The summed E-state index contributed by atoms with van der Waals surface area (Å²) >= 11 is 0. The van der Waals surface area contributed by atoms with Gasteiger partial charge >= 0.3 is 0 Å². The lowest BCUT2D eigenvalue weighted by molar-refractivity contribution is 1.01. The van der Waals surface area contributed by atoms with E-state index in [1.165, 1.54) is 44.8 Å². The molecular weight excluding hydrogens is 374 g/mol. The second-order valence-corrected chi connectivity index (χ2v) is 7.68. The summed E-state index contributed by atoms with van der Waals surface area (Å²) in [6.45, 7) is 11.4. The average Bonchev–Trinajstić information content (AvgIpc) is 2.80. The molecule has 0 saturated heterocycles. The molecule has 0 aromatic heterocycles. The molecule has 0 fully saturated rings. The van der Waals surface area contributed by atoms with Gasteiger partial charge in [-0.05, 0) is 48.2 Å². The molecule has 3 aromatic carbocycles. The van der Waals surface area contributed by atoms with Crippen molar-refractivity contribution in [1.82, 2.24) is 5.32 Å². The fourth-order valence-corrected chi connectivity index (χ4v) is 3.43. The highest BCUT2D eigenvalue weighted by Gasteiger charge is 2.07. The van der Waals surface area contributed by atoms with Crippen LogP contribution < -0.4 is 15.8 Å². The maximum absolute atomic E-state index is 3.54. The predicted octanol–water partition coefficient (Wildman–Crippen LogP) is 6.59. The lowest BCUT2D eigenvalue weighted by atomic mass is 9.98. The van der Waals surface area contributed by atoms with Crippen LogP contribution in [0, 0.1) is 6.92 Å². The molecule has 3 aromatic rings. The van der Waals surface area contributed by atoms with Gasteiger partial charge in [-0.25, -0.2) is 0 Å². The van der Waals surface area contributed by atoms with Crippen molar-refractivity contribution in [2.45, 2.75) is 47.5 Å². The van der Waals surface area contributed by atoms with Crippen molar-refractivity contribution in [3.63, 3.8) is 0 Å². The molecule has 1 heterocycles. The van der Waals surface area contributed by atoms with E-state index in [4.69, 9.17) is 0 Å². The number of benzene rings is 3. The van der Waals surface area contributed by atoms with Gasteiger partial charge in [-0.2, -0.15) is 0 Å². The molecule has 1 aliphatic rings. The Morgan fingerprint density at radius 2 is 1.45 bits per heavy atom. The third-order valence-electron chi connectivity index (χ3n) is 4.80. The monoisotopic (exact) mass is 411 g/mol. The summed E-state index contributed by atoms with van der Waals surface area (Å²) in [4.78, 5) is 0. The van der Waals surface area contributed by atoms with Crippen LogP contribution in [0.4, 0.5) is 0 Å². The lowest BCUT2D eigenvalue weighted by Crippen LogP contribution is -2.37.